The van der Waals surface area contributed by atoms with Crippen molar-refractivity contribution in [2.24, 2.45) is 15.2 Å². The lowest BCUT2D eigenvalue weighted by molar-refractivity contribution is 0.587. The molecule has 0 spiro atoms. The first-order chi connectivity index (χ1) is 16.5. The number of hydrogen-bond acceptors (Lipinski definition) is 8. The first kappa shape index (κ1) is 22.5. The number of anilines is 2. The SMILES string of the molecule is C=Nc1c(/C=C\C)c(-c2nc(N)c(N=Nc3ccccc3)c(N)n2)nn1Cc1ccccc1F. The van der Waals surface area contributed by atoms with Crippen LogP contribution in [0.15, 0.2) is 75.9 Å². The Morgan fingerprint density at radius 2 is 1.68 bits per heavy atom. The lowest BCUT2D eigenvalue weighted by atomic mass is 10.2. The van der Waals surface area contributed by atoms with E-state index in [-0.39, 0.29) is 35.5 Å². The molecular formula is C24H22FN9. The fourth-order valence-electron chi connectivity index (χ4n) is 3.32. The summed E-state index contributed by atoms with van der Waals surface area (Å²) in [5, 5.41) is 12.8. The van der Waals surface area contributed by atoms with Gasteiger partial charge in [-0.1, -0.05) is 48.6 Å². The summed E-state index contributed by atoms with van der Waals surface area (Å²) < 4.78 is 15.8. The molecule has 2 aromatic carbocycles. The first-order valence-electron chi connectivity index (χ1n) is 10.4. The smallest absolute Gasteiger partial charge is 0.184 e. The van der Waals surface area contributed by atoms with Crippen molar-refractivity contribution in [2.75, 3.05) is 11.5 Å². The molecule has 4 rings (SSSR count). The van der Waals surface area contributed by atoms with Gasteiger partial charge in [0.2, 0.25) is 0 Å². The molecule has 0 aliphatic carbocycles. The molecule has 0 unspecified atom stereocenters. The minimum Gasteiger partial charge on any atom is -0.382 e. The lowest BCUT2D eigenvalue weighted by Gasteiger charge is -2.05. The van der Waals surface area contributed by atoms with Gasteiger partial charge in [0.25, 0.3) is 0 Å². The molecule has 0 aliphatic rings. The highest BCUT2D eigenvalue weighted by molar-refractivity contribution is 5.79. The second-order valence-electron chi connectivity index (χ2n) is 7.19. The highest BCUT2D eigenvalue weighted by Crippen LogP contribution is 2.35. The van der Waals surface area contributed by atoms with Crippen LogP contribution in [0.5, 0.6) is 0 Å². The Hall–Kier alpha value is -4.73. The number of nitrogens with zero attached hydrogens (tertiary/aromatic N) is 7. The summed E-state index contributed by atoms with van der Waals surface area (Å²) in [7, 11) is 0. The normalized spacial score (nSPS) is 11.5. The summed E-state index contributed by atoms with van der Waals surface area (Å²) >= 11 is 0. The fourth-order valence-corrected chi connectivity index (χ4v) is 3.32. The number of hydrogen-bond donors (Lipinski definition) is 2. The minimum absolute atomic E-state index is 0.0466. The average Bonchev–Trinajstić information content (AvgIpc) is 3.17. The Kier molecular flexibility index (Phi) is 6.49. The van der Waals surface area contributed by atoms with E-state index in [1.54, 1.807) is 36.4 Å². The molecule has 10 heteroatoms. The number of halogens is 1. The van der Waals surface area contributed by atoms with Gasteiger partial charge in [-0.25, -0.2) is 24.0 Å². The Morgan fingerprint density at radius 1 is 1.00 bits per heavy atom. The maximum atomic E-state index is 14.3. The number of allylic oxidation sites excluding steroid dienone is 1. The summed E-state index contributed by atoms with van der Waals surface area (Å²) in [6.45, 7) is 5.64. The van der Waals surface area contributed by atoms with E-state index in [0.717, 1.165) is 0 Å². The number of rotatable bonds is 7. The summed E-state index contributed by atoms with van der Waals surface area (Å²) in [5.41, 5.74) is 14.5. The molecular weight excluding hydrogens is 433 g/mol. The van der Waals surface area contributed by atoms with Gasteiger partial charge in [0.05, 0.1) is 12.2 Å². The van der Waals surface area contributed by atoms with Crippen molar-refractivity contribution < 1.29 is 4.39 Å². The minimum atomic E-state index is -0.347. The molecule has 0 fully saturated rings. The van der Waals surface area contributed by atoms with Crippen molar-refractivity contribution in [3.05, 3.63) is 77.6 Å². The van der Waals surface area contributed by atoms with E-state index in [9.17, 15) is 4.39 Å². The molecule has 0 amide bonds. The molecule has 0 aliphatic heterocycles. The second-order valence-corrected chi connectivity index (χ2v) is 7.19. The Bertz CT molecular complexity index is 1370. The lowest BCUT2D eigenvalue weighted by Crippen LogP contribution is -2.05. The van der Waals surface area contributed by atoms with E-state index in [0.29, 0.717) is 28.3 Å². The quantitative estimate of drug-likeness (QED) is 0.281. The Balaban J connectivity index is 1.77. The van der Waals surface area contributed by atoms with E-state index < -0.39 is 0 Å². The van der Waals surface area contributed by atoms with Crippen molar-refractivity contribution in [3.63, 3.8) is 0 Å². The van der Waals surface area contributed by atoms with Crippen LogP contribution in [0.2, 0.25) is 0 Å². The van der Waals surface area contributed by atoms with Crippen molar-refractivity contribution in [1.82, 2.24) is 19.7 Å². The second kappa shape index (κ2) is 9.82. The van der Waals surface area contributed by atoms with Crippen LogP contribution >= 0.6 is 0 Å². The topological polar surface area (TPSA) is 133 Å². The standard InChI is InChI=1S/C24H22FN9/c1-3-9-17-19(33-34(24(17)28-2)14-15-10-7-8-13-18(15)25)23-29-21(26)20(22(27)30-23)32-31-16-11-5-4-6-12-16/h3-13H,2,14H2,1H3,(H4,26,27,29,30)/b9-3-,32-31?. The van der Waals surface area contributed by atoms with Crippen LogP contribution in [0.4, 0.5) is 33.2 Å². The predicted molar refractivity (Wildman–Crippen MR) is 132 cm³/mol. The molecule has 4 N–H and O–H groups in total. The zero-order valence-electron chi connectivity index (χ0n) is 18.4. The molecule has 34 heavy (non-hydrogen) atoms. The van der Waals surface area contributed by atoms with E-state index >= 15 is 0 Å². The van der Waals surface area contributed by atoms with Crippen molar-refractivity contribution in [1.29, 1.82) is 0 Å². The fraction of sp³-hybridized carbons (Fsp3) is 0.0833. The summed E-state index contributed by atoms with van der Waals surface area (Å²) in [5.74, 6) is 0.361. The molecule has 0 radical (unpaired) electrons. The number of aliphatic imine (C=N–C) groups is 1. The van der Waals surface area contributed by atoms with Crippen LogP contribution in [0.3, 0.4) is 0 Å². The van der Waals surface area contributed by atoms with E-state index in [1.165, 1.54) is 10.7 Å². The van der Waals surface area contributed by atoms with Gasteiger partial charge in [-0.3, -0.25) is 0 Å². The summed E-state index contributed by atoms with van der Waals surface area (Å²) in [4.78, 5) is 12.8. The molecule has 0 saturated heterocycles. The number of aromatic nitrogens is 4. The third kappa shape index (κ3) is 4.56. The Morgan fingerprint density at radius 3 is 2.32 bits per heavy atom. The Labute approximate surface area is 195 Å². The summed E-state index contributed by atoms with van der Waals surface area (Å²) in [6.07, 6.45) is 3.61. The van der Waals surface area contributed by atoms with Crippen LogP contribution in [0.1, 0.15) is 18.1 Å². The van der Waals surface area contributed by atoms with Crippen LogP contribution in [0, 0.1) is 5.82 Å². The zero-order valence-corrected chi connectivity index (χ0v) is 18.4. The van der Waals surface area contributed by atoms with Crippen molar-refractivity contribution >= 4 is 41.6 Å². The number of nitrogens with two attached hydrogens (primary N) is 2. The monoisotopic (exact) mass is 455 g/mol. The van der Waals surface area contributed by atoms with Crippen molar-refractivity contribution in [2.45, 2.75) is 13.5 Å². The largest absolute Gasteiger partial charge is 0.382 e. The third-order valence-electron chi connectivity index (χ3n) is 4.89. The van der Waals surface area contributed by atoms with Gasteiger partial charge in [-0.05, 0) is 31.8 Å². The maximum Gasteiger partial charge on any atom is 0.184 e. The molecule has 170 valence electrons. The van der Waals surface area contributed by atoms with Gasteiger partial charge >= 0.3 is 0 Å². The molecule has 0 saturated carbocycles. The predicted octanol–water partition coefficient (Wildman–Crippen LogP) is 5.47. The van der Waals surface area contributed by atoms with E-state index in [2.05, 4.69) is 37.0 Å². The molecule has 2 heterocycles. The highest BCUT2D eigenvalue weighted by Gasteiger charge is 2.21. The van der Waals surface area contributed by atoms with Crippen LogP contribution in [-0.4, -0.2) is 26.5 Å². The number of nitrogen functional groups attached to an aromatic ring is 2. The van der Waals surface area contributed by atoms with Gasteiger partial charge in [0.1, 0.15) is 11.5 Å². The van der Waals surface area contributed by atoms with E-state index in [1.807, 2.05) is 31.2 Å². The number of azo groups is 1. The molecule has 0 atom stereocenters. The number of benzene rings is 2. The van der Waals surface area contributed by atoms with Gasteiger partial charge in [0.15, 0.2) is 29.0 Å². The van der Waals surface area contributed by atoms with E-state index in [4.69, 9.17) is 11.5 Å². The third-order valence-corrected chi connectivity index (χ3v) is 4.89. The average molecular weight is 456 g/mol. The van der Waals surface area contributed by atoms with Gasteiger partial charge < -0.3 is 11.5 Å². The molecule has 4 aromatic rings. The maximum absolute atomic E-state index is 14.3. The van der Waals surface area contributed by atoms with Gasteiger partial charge in [-0.15, -0.1) is 5.11 Å². The van der Waals surface area contributed by atoms with Crippen LogP contribution < -0.4 is 11.5 Å². The van der Waals surface area contributed by atoms with Crippen LogP contribution in [-0.2, 0) is 6.54 Å². The van der Waals surface area contributed by atoms with Crippen LogP contribution in [0.25, 0.3) is 17.6 Å². The van der Waals surface area contributed by atoms with Gasteiger partial charge in [-0.2, -0.15) is 10.2 Å². The van der Waals surface area contributed by atoms with Crippen molar-refractivity contribution in [3.8, 4) is 11.5 Å². The first-order valence-corrected chi connectivity index (χ1v) is 10.4. The summed E-state index contributed by atoms with van der Waals surface area (Å²) in [6, 6.07) is 15.6. The molecule has 9 nitrogen and oxygen atoms in total. The highest BCUT2D eigenvalue weighted by atomic mass is 19.1. The zero-order chi connectivity index (χ0) is 24.1. The van der Waals surface area contributed by atoms with Gasteiger partial charge in [0, 0.05) is 11.1 Å². The molecule has 0 bridgehead atoms. The molecule has 2 aromatic heterocycles.